The number of methoxy groups -OCH3 is 1. The topological polar surface area (TPSA) is 171 Å². The maximum absolute atomic E-state index is 13.0. The van der Waals surface area contributed by atoms with Crippen LogP contribution in [0.2, 0.25) is 0 Å². The van der Waals surface area contributed by atoms with Gasteiger partial charge < -0.3 is 19.7 Å². The van der Waals surface area contributed by atoms with Crippen LogP contribution in [0.25, 0.3) is 0 Å². The molecule has 2 aromatic rings. The van der Waals surface area contributed by atoms with Crippen LogP contribution in [0.15, 0.2) is 18.2 Å². The first-order chi connectivity index (χ1) is 15.6. The zero-order valence-electron chi connectivity index (χ0n) is 17.5. The van der Waals surface area contributed by atoms with Crippen LogP contribution < -0.4 is 5.32 Å². The lowest BCUT2D eigenvalue weighted by atomic mass is 10.1. The number of nitrogens with one attached hydrogen (secondary N) is 1. The molecule has 0 spiro atoms. The average molecular weight is 478 g/mol. The number of thiophene rings is 1. The van der Waals surface area contributed by atoms with Crippen LogP contribution in [0.1, 0.15) is 36.0 Å². The van der Waals surface area contributed by atoms with Gasteiger partial charge >= 0.3 is 5.97 Å². The van der Waals surface area contributed by atoms with E-state index in [4.69, 9.17) is 9.47 Å². The van der Waals surface area contributed by atoms with E-state index in [-0.39, 0.29) is 26.9 Å². The predicted molar refractivity (Wildman–Crippen MR) is 115 cm³/mol. The minimum absolute atomic E-state index is 0.0184. The highest BCUT2D eigenvalue weighted by Crippen LogP contribution is 2.35. The van der Waals surface area contributed by atoms with Crippen LogP contribution in [-0.2, 0) is 9.47 Å². The van der Waals surface area contributed by atoms with E-state index in [1.807, 2.05) is 0 Å². The summed E-state index contributed by atoms with van der Waals surface area (Å²) in [5.74, 6) is -2.08. The Morgan fingerprint density at radius 2 is 1.67 bits per heavy atom. The fourth-order valence-electron chi connectivity index (χ4n) is 3.18. The summed E-state index contributed by atoms with van der Waals surface area (Å²) < 4.78 is 10.0. The monoisotopic (exact) mass is 478 g/mol. The van der Waals surface area contributed by atoms with E-state index in [0.29, 0.717) is 31.9 Å². The number of esters is 1. The number of hydrogen-bond donors (Lipinski definition) is 1. The van der Waals surface area contributed by atoms with Crippen molar-refractivity contribution in [3.8, 4) is 0 Å². The molecular weight excluding hydrogens is 460 g/mol. The summed E-state index contributed by atoms with van der Waals surface area (Å²) in [6, 6.07) is 2.48. The number of nitro groups is 2. The Morgan fingerprint density at radius 3 is 2.18 bits per heavy atom. The van der Waals surface area contributed by atoms with E-state index in [1.165, 1.54) is 6.92 Å². The molecule has 1 aromatic heterocycles. The number of morpholine rings is 1. The summed E-state index contributed by atoms with van der Waals surface area (Å²) in [6.07, 6.45) is 0. The molecule has 1 aliphatic rings. The van der Waals surface area contributed by atoms with E-state index < -0.39 is 33.1 Å². The number of amides is 2. The first-order valence-electron chi connectivity index (χ1n) is 9.48. The van der Waals surface area contributed by atoms with Crippen molar-refractivity contribution in [2.45, 2.75) is 6.92 Å². The third-order valence-electron chi connectivity index (χ3n) is 4.84. The summed E-state index contributed by atoms with van der Waals surface area (Å²) >= 11 is 0.843. The van der Waals surface area contributed by atoms with Gasteiger partial charge in [-0.1, -0.05) is 0 Å². The van der Waals surface area contributed by atoms with Crippen LogP contribution in [0.4, 0.5) is 16.4 Å². The number of hydrogen-bond acceptors (Lipinski definition) is 10. The van der Waals surface area contributed by atoms with E-state index in [0.717, 1.165) is 36.6 Å². The SMILES string of the molecule is COC(=O)c1c(NC(=O)c2cc([N+](=O)[O-])cc([N+](=O)[O-])c2)sc(C(=O)N2CCOCC2)c1C. The Labute approximate surface area is 190 Å². The number of carbonyl (C=O) groups is 3. The largest absolute Gasteiger partial charge is 0.465 e. The zero-order valence-corrected chi connectivity index (χ0v) is 18.3. The van der Waals surface area contributed by atoms with Crippen LogP contribution in [0.3, 0.4) is 0 Å². The molecule has 1 aromatic carbocycles. The Kier molecular flexibility index (Phi) is 6.98. The Hall–Kier alpha value is -3.91. The minimum Gasteiger partial charge on any atom is -0.465 e. The number of benzene rings is 1. The Bertz CT molecular complexity index is 1120. The van der Waals surface area contributed by atoms with E-state index in [9.17, 15) is 34.6 Å². The van der Waals surface area contributed by atoms with Gasteiger partial charge in [-0.2, -0.15) is 0 Å². The summed E-state index contributed by atoms with van der Waals surface area (Å²) in [5.41, 5.74) is -1.41. The summed E-state index contributed by atoms with van der Waals surface area (Å²) in [6.45, 7) is 3.00. The summed E-state index contributed by atoms with van der Waals surface area (Å²) in [5, 5.41) is 24.6. The van der Waals surface area contributed by atoms with Crippen molar-refractivity contribution in [2.75, 3.05) is 38.7 Å². The molecule has 14 heteroatoms. The standard InChI is InChI=1S/C19H18N4O9S/c1-10-14(19(26)31-2)17(33-15(10)18(25)21-3-5-32-6-4-21)20-16(24)11-7-12(22(27)28)9-13(8-11)23(29)30/h7-9H,3-6H2,1-2H3,(H,20,24). The number of non-ortho nitro benzene ring substituents is 2. The molecule has 0 aliphatic carbocycles. The van der Waals surface area contributed by atoms with Gasteiger partial charge in [0, 0.05) is 25.2 Å². The summed E-state index contributed by atoms with van der Waals surface area (Å²) in [7, 11) is 1.14. The molecule has 0 bridgehead atoms. The lowest BCUT2D eigenvalue weighted by Crippen LogP contribution is -2.40. The van der Waals surface area contributed by atoms with Crippen molar-refractivity contribution in [1.82, 2.24) is 4.90 Å². The van der Waals surface area contributed by atoms with Crippen LogP contribution in [-0.4, -0.2) is 65.9 Å². The second-order valence-electron chi connectivity index (χ2n) is 6.86. The molecule has 0 unspecified atom stereocenters. The van der Waals surface area contributed by atoms with Gasteiger partial charge in [0.1, 0.15) is 5.00 Å². The predicted octanol–water partition coefficient (Wildman–Crippen LogP) is 2.38. The third-order valence-corrected chi connectivity index (χ3v) is 6.04. The Balaban J connectivity index is 2.00. The number of anilines is 1. The first kappa shape index (κ1) is 23.7. The second-order valence-corrected chi connectivity index (χ2v) is 7.88. The molecule has 1 saturated heterocycles. The average Bonchev–Trinajstić information content (AvgIpc) is 3.13. The molecule has 174 valence electrons. The van der Waals surface area contributed by atoms with Gasteiger partial charge in [-0.15, -0.1) is 11.3 Å². The minimum atomic E-state index is -0.932. The van der Waals surface area contributed by atoms with Crippen LogP contribution >= 0.6 is 11.3 Å². The summed E-state index contributed by atoms with van der Waals surface area (Å²) in [4.78, 5) is 60.4. The third kappa shape index (κ3) is 4.96. The van der Waals surface area contributed by atoms with Gasteiger partial charge in [0.2, 0.25) is 0 Å². The van der Waals surface area contributed by atoms with Gasteiger partial charge in [-0.3, -0.25) is 29.8 Å². The zero-order chi connectivity index (χ0) is 24.3. The molecule has 1 fully saturated rings. The molecule has 3 rings (SSSR count). The van der Waals surface area contributed by atoms with Gasteiger partial charge in [0.25, 0.3) is 23.2 Å². The molecule has 33 heavy (non-hydrogen) atoms. The van der Waals surface area contributed by atoms with Crippen LogP contribution in [0, 0.1) is 27.2 Å². The van der Waals surface area contributed by atoms with Crippen molar-refractivity contribution >= 4 is 45.5 Å². The molecule has 2 amide bonds. The Morgan fingerprint density at radius 1 is 1.09 bits per heavy atom. The van der Waals surface area contributed by atoms with E-state index in [1.54, 1.807) is 4.90 Å². The maximum atomic E-state index is 13.0. The van der Waals surface area contributed by atoms with E-state index >= 15 is 0 Å². The van der Waals surface area contributed by atoms with Crippen molar-refractivity contribution < 1.29 is 33.7 Å². The van der Waals surface area contributed by atoms with Gasteiger partial charge in [-0.25, -0.2) is 4.79 Å². The molecule has 1 N–H and O–H groups in total. The number of rotatable bonds is 6. The number of ether oxygens (including phenoxy) is 2. The number of carbonyl (C=O) groups excluding carboxylic acids is 3. The molecule has 0 radical (unpaired) electrons. The normalized spacial score (nSPS) is 13.3. The number of nitrogens with zero attached hydrogens (tertiary/aromatic N) is 3. The van der Waals surface area contributed by atoms with Crippen molar-refractivity contribution in [3.63, 3.8) is 0 Å². The maximum Gasteiger partial charge on any atom is 0.341 e. The lowest BCUT2D eigenvalue weighted by molar-refractivity contribution is -0.394. The quantitative estimate of drug-likeness (QED) is 0.372. The van der Waals surface area contributed by atoms with E-state index in [2.05, 4.69) is 5.32 Å². The van der Waals surface area contributed by atoms with Crippen molar-refractivity contribution in [3.05, 3.63) is 60.0 Å². The fourth-order valence-corrected chi connectivity index (χ4v) is 4.33. The molecule has 13 nitrogen and oxygen atoms in total. The van der Waals surface area contributed by atoms with Crippen molar-refractivity contribution in [2.24, 2.45) is 0 Å². The first-order valence-corrected chi connectivity index (χ1v) is 10.3. The highest BCUT2D eigenvalue weighted by Gasteiger charge is 2.30. The lowest BCUT2D eigenvalue weighted by Gasteiger charge is -2.26. The van der Waals surface area contributed by atoms with Crippen molar-refractivity contribution in [1.29, 1.82) is 0 Å². The fraction of sp³-hybridized carbons (Fsp3) is 0.316. The number of nitro benzene ring substituents is 2. The molecule has 0 atom stereocenters. The van der Waals surface area contributed by atoms with Gasteiger partial charge in [0.05, 0.1) is 52.2 Å². The highest BCUT2D eigenvalue weighted by atomic mass is 32.1. The highest BCUT2D eigenvalue weighted by molar-refractivity contribution is 7.18. The molecule has 2 heterocycles. The smallest absolute Gasteiger partial charge is 0.341 e. The molecule has 1 aliphatic heterocycles. The molecular formula is C19H18N4O9S. The van der Waals surface area contributed by atoms with Crippen LogP contribution in [0.5, 0.6) is 0 Å². The molecule has 0 saturated carbocycles. The van der Waals surface area contributed by atoms with Gasteiger partial charge in [-0.05, 0) is 12.5 Å². The second kappa shape index (κ2) is 9.70. The van der Waals surface area contributed by atoms with Gasteiger partial charge in [0.15, 0.2) is 0 Å².